The normalized spacial score (nSPS) is 12.9. The fourth-order valence-corrected chi connectivity index (χ4v) is 2.44. The standard InChI is InChI=1S/C19H18FNO4/c1-23-16-10-13(11-17-19(16)25-9-8-24-17)6-7-18(22)21-12-14-4-2-3-5-15(14)20/h2-7,10-11H,8-9,12H2,1H3,(H,21,22)/b7-6+. The van der Waals surface area contributed by atoms with Gasteiger partial charge in [-0.3, -0.25) is 4.79 Å². The molecule has 0 atom stereocenters. The van der Waals surface area contributed by atoms with Gasteiger partial charge in [0.2, 0.25) is 11.7 Å². The van der Waals surface area contributed by atoms with Gasteiger partial charge in [-0.25, -0.2) is 4.39 Å². The molecule has 0 saturated carbocycles. The summed E-state index contributed by atoms with van der Waals surface area (Å²) in [5.41, 5.74) is 1.17. The number of carbonyl (C=O) groups excluding carboxylic acids is 1. The van der Waals surface area contributed by atoms with Gasteiger partial charge in [0, 0.05) is 18.2 Å². The monoisotopic (exact) mass is 343 g/mol. The average Bonchev–Trinajstić information content (AvgIpc) is 2.65. The van der Waals surface area contributed by atoms with Crippen LogP contribution >= 0.6 is 0 Å². The molecule has 0 radical (unpaired) electrons. The Balaban J connectivity index is 1.67. The molecule has 130 valence electrons. The first-order chi connectivity index (χ1) is 12.2. The zero-order chi connectivity index (χ0) is 17.6. The van der Waals surface area contributed by atoms with E-state index in [0.717, 1.165) is 5.56 Å². The first kappa shape index (κ1) is 16.8. The van der Waals surface area contributed by atoms with E-state index in [0.29, 0.717) is 36.0 Å². The van der Waals surface area contributed by atoms with Gasteiger partial charge < -0.3 is 19.5 Å². The number of rotatable bonds is 5. The summed E-state index contributed by atoms with van der Waals surface area (Å²) in [5, 5.41) is 2.65. The summed E-state index contributed by atoms with van der Waals surface area (Å²) in [4.78, 5) is 11.9. The van der Waals surface area contributed by atoms with Gasteiger partial charge in [0.25, 0.3) is 0 Å². The maximum atomic E-state index is 13.5. The Kier molecular flexibility index (Phi) is 5.18. The number of methoxy groups -OCH3 is 1. The number of ether oxygens (including phenoxy) is 3. The molecule has 3 rings (SSSR count). The van der Waals surface area contributed by atoms with E-state index in [9.17, 15) is 9.18 Å². The van der Waals surface area contributed by atoms with Crippen LogP contribution in [0.5, 0.6) is 17.2 Å². The van der Waals surface area contributed by atoms with Crippen molar-refractivity contribution in [1.29, 1.82) is 0 Å². The molecule has 2 aromatic carbocycles. The third-order valence-corrected chi connectivity index (χ3v) is 3.69. The molecule has 0 unspecified atom stereocenters. The predicted octanol–water partition coefficient (Wildman–Crippen LogP) is 2.94. The first-order valence-electron chi connectivity index (χ1n) is 7.84. The van der Waals surface area contributed by atoms with Crippen molar-refractivity contribution in [2.75, 3.05) is 20.3 Å². The van der Waals surface area contributed by atoms with Gasteiger partial charge in [-0.2, -0.15) is 0 Å². The van der Waals surface area contributed by atoms with E-state index in [2.05, 4.69) is 5.32 Å². The van der Waals surface area contributed by atoms with Crippen LogP contribution in [0.25, 0.3) is 6.08 Å². The smallest absolute Gasteiger partial charge is 0.244 e. The van der Waals surface area contributed by atoms with E-state index >= 15 is 0 Å². The Labute approximate surface area is 145 Å². The minimum atomic E-state index is -0.344. The molecule has 1 N–H and O–H groups in total. The second kappa shape index (κ2) is 7.70. The Morgan fingerprint density at radius 3 is 2.88 bits per heavy atom. The highest BCUT2D eigenvalue weighted by molar-refractivity contribution is 5.91. The highest BCUT2D eigenvalue weighted by Gasteiger charge is 2.17. The van der Waals surface area contributed by atoms with Crippen LogP contribution in [0.15, 0.2) is 42.5 Å². The number of fused-ring (bicyclic) bond motifs is 1. The van der Waals surface area contributed by atoms with E-state index in [1.54, 1.807) is 43.5 Å². The Morgan fingerprint density at radius 1 is 1.28 bits per heavy atom. The van der Waals surface area contributed by atoms with Gasteiger partial charge in [-0.05, 0) is 29.8 Å². The molecule has 0 fully saturated rings. The Hall–Kier alpha value is -3.02. The molecule has 1 aliphatic rings. The van der Waals surface area contributed by atoms with Crippen molar-refractivity contribution in [3.8, 4) is 17.2 Å². The number of hydrogen-bond donors (Lipinski definition) is 1. The number of halogens is 1. The van der Waals surface area contributed by atoms with Crippen LogP contribution in [-0.2, 0) is 11.3 Å². The molecule has 0 aromatic heterocycles. The lowest BCUT2D eigenvalue weighted by atomic mass is 10.1. The number of carbonyl (C=O) groups is 1. The zero-order valence-corrected chi connectivity index (χ0v) is 13.8. The van der Waals surface area contributed by atoms with Gasteiger partial charge in [0.05, 0.1) is 7.11 Å². The predicted molar refractivity (Wildman–Crippen MR) is 91.3 cm³/mol. The molecule has 1 heterocycles. The summed E-state index contributed by atoms with van der Waals surface area (Å²) in [6, 6.07) is 9.85. The minimum absolute atomic E-state index is 0.125. The fraction of sp³-hybridized carbons (Fsp3) is 0.211. The van der Waals surface area contributed by atoms with Crippen LogP contribution in [0.2, 0.25) is 0 Å². The minimum Gasteiger partial charge on any atom is -0.493 e. The summed E-state index contributed by atoms with van der Waals surface area (Å²) in [6.45, 7) is 1.06. The third-order valence-electron chi connectivity index (χ3n) is 3.69. The van der Waals surface area contributed by atoms with Crippen LogP contribution in [0.1, 0.15) is 11.1 Å². The summed E-state index contributed by atoms with van der Waals surface area (Å²) >= 11 is 0. The van der Waals surface area contributed by atoms with E-state index in [4.69, 9.17) is 14.2 Å². The van der Waals surface area contributed by atoms with Crippen LogP contribution in [0, 0.1) is 5.82 Å². The summed E-state index contributed by atoms with van der Waals surface area (Å²) < 4.78 is 29.9. The maximum Gasteiger partial charge on any atom is 0.244 e. The molecule has 0 saturated heterocycles. The Morgan fingerprint density at radius 2 is 2.08 bits per heavy atom. The van der Waals surface area contributed by atoms with Crippen molar-refractivity contribution >= 4 is 12.0 Å². The van der Waals surface area contributed by atoms with Crippen molar-refractivity contribution < 1.29 is 23.4 Å². The van der Waals surface area contributed by atoms with Gasteiger partial charge in [-0.15, -0.1) is 0 Å². The lowest BCUT2D eigenvalue weighted by molar-refractivity contribution is -0.116. The topological polar surface area (TPSA) is 56.8 Å². The highest BCUT2D eigenvalue weighted by atomic mass is 19.1. The van der Waals surface area contributed by atoms with E-state index in [1.165, 1.54) is 12.1 Å². The first-order valence-corrected chi connectivity index (χ1v) is 7.84. The molecule has 1 aliphatic heterocycles. The lowest BCUT2D eigenvalue weighted by Crippen LogP contribution is -2.20. The second-order valence-electron chi connectivity index (χ2n) is 5.39. The molecular formula is C19H18FNO4. The zero-order valence-electron chi connectivity index (χ0n) is 13.8. The summed E-state index contributed by atoms with van der Waals surface area (Å²) in [5.74, 6) is 1.02. The van der Waals surface area contributed by atoms with E-state index in [-0.39, 0.29) is 18.3 Å². The molecule has 2 aromatic rings. The fourth-order valence-electron chi connectivity index (χ4n) is 2.44. The largest absolute Gasteiger partial charge is 0.493 e. The average molecular weight is 343 g/mol. The maximum absolute atomic E-state index is 13.5. The third kappa shape index (κ3) is 4.09. The molecule has 0 bridgehead atoms. The van der Waals surface area contributed by atoms with Crippen molar-refractivity contribution in [3.63, 3.8) is 0 Å². The summed E-state index contributed by atoms with van der Waals surface area (Å²) in [7, 11) is 1.54. The van der Waals surface area contributed by atoms with Crippen LogP contribution in [-0.4, -0.2) is 26.2 Å². The van der Waals surface area contributed by atoms with Crippen LogP contribution in [0.4, 0.5) is 4.39 Å². The SMILES string of the molecule is COc1cc(/C=C/C(=O)NCc2ccccc2F)cc2c1OCCO2. The molecule has 1 amide bonds. The number of benzene rings is 2. The molecule has 25 heavy (non-hydrogen) atoms. The van der Waals surface area contributed by atoms with Gasteiger partial charge in [0.15, 0.2) is 11.5 Å². The Bertz CT molecular complexity index is 787. The van der Waals surface area contributed by atoms with Crippen molar-refractivity contribution in [1.82, 2.24) is 5.32 Å². The number of hydrogen-bond acceptors (Lipinski definition) is 4. The summed E-state index contributed by atoms with van der Waals surface area (Å²) in [6.07, 6.45) is 3.02. The van der Waals surface area contributed by atoms with Gasteiger partial charge in [-0.1, -0.05) is 18.2 Å². The van der Waals surface area contributed by atoms with E-state index in [1.807, 2.05) is 0 Å². The quantitative estimate of drug-likeness (QED) is 0.848. The molecule has 6 heteroatoms. The number of nitrogens with one attached hydrogen (secondary N) is 1. The molecular weight excluding hydrogens is 325 g/mol. The number of amides is 1. The second-order valence-corrected chi connectivity index (χ2v) is 5.39. The van der Waals surface area contributed by atoms with Gasteiger partial charge >= 0.3 is 0 Å². The highest BCUT2D eigenvalue weighted by Crippen LogP contribution is 2.40. The van der Waals surface area contributed by atoms with E-state index < -0.39 is 0 Å². The van der Waals surface area contributed by atoms with Gasteiger partial charge in [0.1, 0.15) is 19.0 Å². The van der Waals surface area contributed by atoms with Crippen LogP contribution < -0.4 is 19.5 Å². The van der Waals surface area contributed by atoms with Crippen LogP contribution in [0.3, 0.4) is 0 Å². The van der Waals surface area contributed by atoms with Crippen molar-refractivity contribution in [3.05, 3.63) is 59.4 Å². The van der Waals surface area contributed by atoms with Crippen molar-refractivity contribution in [2.45, 2.75) is 6.54 Å². The molecule has 0 aliphatic carbocycles. The lowest BCUT2D eigenvalue weighted by Gasteiger charge is -2.20. The molecule has 5 nitrogen and oxygen atoms in total. The molecule has 0 spiro atoms. The van der Waals surface area contributed by atoms with Crippen molar-refractivity contribution in [2.24, 2.45) is 0 Å².